The summed E-state index contributed by atoms with van der Waals surface area (Å²) in [5.41, 5.74) is 1.73. The van der Waals surface area contributed by atoms with Crippen molar-refractivity contribution in [1.82, 2.24) is 19.4 Å². The summed E-state index contributed by atoms with van der Waals surface area (Å²) in [5.74, 6) is 1.88. The van der Waals surface area contributed by atoms with Gasteiger partial charge in [0.25, 0.3) is 0 Å². The molecule has 0 aromatic carbocycles. The minimum atomic E-state index is 0.397. The first kappa shape index (κ1) is 14.6. The SMILES string of the molecule is CCN(CCn1c(CCl)nc2ccc(OC)nc21)C1CC1. The molecule has 114 valence electrons. The summed E-state index contributed by atoms with van der Waals surface area (Å²) in [7, 11) is 1.63. The number of alkyl halides is 1. The van der Waals surface area contributed by atoms with Crippen LogP contribution in [0, 0.1) is 0 Å². The molecule has 0 saturated heterocycles. The zero-order valence-corrected chi connectivity index (χ0v) is 13.3. The highest BCUT2D eigenvalue weighted by Gasteiger charge is 2.27. The van der Waals surface area contributed by atoms with Gasteiger partial charge in [-0.25, -0.2) is 4.98 Å². The number of imidazole rings is 1. The van der Waals surface area contributed by atoms with Crippen molar-refractivity contribution in [3.05, 3.63) is 18.0 Å². The summed E-state index contributed by atoms with van der Waals surface area (Å²) in [4.78, 5) is 11.6. The van der Waals surface area contributed by atoms with E-state index in [0.29, 0.717) is 11.8 Å². The van der Waals surface area contributed by atoms with Crippen LogP contribution in [0.15, 0.2) is 12.1 Å². The van der Waals surface area contributed by atoms with Crippen LogP contribution in [-0.2, 0) is 12.4 Å². The normalized spacial score (nSPS) is 15.0. The first-order chi connectivity index (χ1) is 10.3. The van der Waals surface area contributed by atoms with Crippen molar-refractivity contribution in [3.8, 4) is 5.88 Å². The third-order valence-electron chi connectivity index (χ3n) is 4.05. The highest BCUT2D eigenvalue weighted by atomic mass is 35.5. The molecule has 0 atom stereocenters. The average Bonchev–Trinajstić information content (AvgIpc) is 3.29. The van der Waals surface area contributed by atoms with Gasteiger partial charge >= 0.3 is 0 Å². The molecule has 3 rings (SSSR count). The molecule has 1 saturated carbocycles. The number of hydrogen-bond donors (Lipinski definition) is 0. The van der Waals surface area contributed by atoms with E-state index in [2.05, 4.69) is 26.4 Å². The molecule has 2 heterocycles. The summed E-state index contributed by atoms with van der Waals surface area (Å²) in [5, 5.41) is 0. The highest BCUT2D eigenvalue weighted by Crippen LogP contribution is 2.26. The Morgan fingerprint density at radius 2 is 2.19 bits per heavy atom. The third-order valence-corrected chi connectivity index (χ3v) is 4.29. The fraction of sp³-hybridized carbons (Fsp3) is 0.600. The molecule has 1 fully saturated rings. The summed E-state index contributed by atoms with van der Waals surface area (Å²) in [6.45, 7) is 5.18. The summed E-state index contributed by atoms with van der Waals surface area (Å²) in [6, 6.07) is 4.54. The molecule has 0 amide bonds. The van der Waals surface area contributed by atoms with Gasteiger partial charge in [-0.05, 0) is 25.5 Å². The highest BCUT2D eigenvalue weighted by molar-refractivity contribution is 6.16. The Morgan fingerprint density at radius 1 is 1.38 bits per heavy atom. The number of pyridine rings is 1. The smallest absolute Gasteiger partial charge is 0.215 e. The minimum Gasteiger partial charge on any atom is -0.481 e. The number of halogens is 1. The van der Waals surface area contributed by atoms with Gasteiger partial charge in [0, 0.05) is 25.2 Å². The van der Waals surface area contributed by atoms with Crippen molar-refractivity contribution < 1.29 is 4.74 Å². The number of nitrogens with zero attached hydrogens (tertiary/aromatic N) is 4. The summed E-state index contributed by atoms with van der Waals surface area (Å²) >= 11 is 6.05. The second-order valence-corrected chi connectivity index (χ2v) is 5.64. The van der Waals surface area contributed by atoms with E-state index in [1.54, 1.807) is 7.11 Å². The molecular weight excluding hydrogens is 288 g/mol. The van der Waals surface area contributed by atoms with Crippen LogP contribution in [-0.4, -0.2) is 45.7 Å². The zero-order chi connectivity index (χ0) is 14.8. The Labute approximate surface area is 129 Å². The molecule has 0 unspecified atom stereocenters. The number of aromatic nitrogens is 3. The van der Waals surface area contributed by atoms with Crippen molar-refractivity contribution in [2.24, 2.45) is 0 Å². The van der Waals surface area contributed by atoms with E-state index in [1.807, 2.05) is 12.1 Å². The second-order valence-electron chi connectivity index (χ2n) is 5.37. The molecule has 21 heavy (non-hydrogen) atoms. The largest absolute Gasteiger partial charge is 0.481 e. The Balaban J connectivity index is 1.87. The Kier molecular flexibility index (Phi) is 4.31. The maximum Gasteiger partial charge on any atom is 0.215 e. The van der Waals surface area contributed by atoms with E-state index in [4.69, 9.17) is 16.3 Å². The monoisotopic (exact) mass is 308 g/mol. The maximum absolute atomic E-state index is 6.05. The van der Waals surface area contributed by atoms with Crippen LogP contribution < -0.4 is 4.74 Å². The number of hydrogen-bond acceptors (Lipinski definition) is 4. The predicted octanol–water partition coefficient (Wildman–Crippen LogP) is 2.66. The number of methoxy groups -OCH3 is 1. The topological polar surface area (TPSA) is 43.2 Å². The van der Waals surface area contributed by atoms with Crippen LogP contribution in [0.25, 0.3) is 11.2 Å². The molecule has 1 aliphatic carbocycles. The quantitative estimate of drug-likeness (QED) is 0.738. The van der Waals surface area contributed by atoms with Crippen molar-refractivity contribution in [1.29, 1.82) is 0 Å². The van der Waals surface area contributed by atoms with Crippen LogP contribution in [0.1, 0.15) is 25.6 Å². The molecular formula is C15H21ClN4O. The van der Waals surface area contributed by atoms with E-state index in [9.17, 15) is 0 Å². The van der Waals surface area contributed by atoms with Crippen LogP contribution >= 0.6 is 11.6 Å². The number of ether oxygens (including phenoxy) is 1. The van der Waals surface area contributed by atoms with Gasteiger partial charge in [0.2, 0.25) is 5.88 Å². The zero-order valence-electron chi connectivity index (χ0n) is 12.5. The molecule has 0 bridgehead atoms. The fourth-order valence-electron chi connectivity index (χ4n) is 2.75. The average molecular weight is 309 g/mol. The van der Waals surface area contributed by atoms with Gasteiger partial charge in [-0.15, -0.1) is 11.6 Å². The molecule has 0 N–H and O–H groups in total. The predicted molar refractivity (Wildman–Crippen MR) is 83.9 cm³/mol. The van der Waals surface area contributed by atoms with Gasteiger partial charge in [0.15, 0.2) is 5.65 Å². The van der Waals surface area contributed by atoms with E-state index in [0.717, 1.165) is 42.7 Å². The lowest BCUT2D eigenvalue weighted by Crippen LogP contribution is -2.29. The van der Waals surface area contributed by atoms with Gasteiger partial charge in [0.1, 0.15) is 11.3 Å². The van der Waals surface area contributed by atoms with E-state index in [1.165, 1.54) is 12.8 Å². The second kappa shape index (κ2) is 6.20. The Hall–Kier alpha value is -1.33. The summed E-state index contributed by atoms with van der Waals surface area (Å²) < 4.78 is 7.34. The lowest BCUT2D eigenvalue weighted by atomic mass is 10.4. The Morgan fingerprint density at radius 3 is 2.81 bits per heavy atom. The van der Waals surface area contributed by atoms with Gasteiger partial charge < -0.3 is 9.30 Å². The molecule has 2 aromatic rings. The molecule has 6 heteroatoms. The minimum absolute atomic E-state index is 0.397. The standard InChI is InChI=1S/C15H21ClN4O/c1-3-19(11-4-5-11)8-9-20-13(10-16)17-12-6-7-14(21-2)18-15(12)20/h6-7,11H,3-5,8-10H2,1-2H3. The first-order valence-electron chi connectivity index (χ1n) is 7.47. The van der Waals surface area contributed by atoms with Crippen molar-refractivity contribution in [2.75, 3.05) is 20.2 Å². The first-order valence-corrected chi connectivity index (χ1v) is 8.00. The van der Waals surface area contributed by atoms with Gasteiger partial charge in [0.05, 0.1) is 13.0 Å². The Bertz CT molecular complexity index is 623. The van der Waals surface area contributed by atoms with Crippen molar-refractivity contribution in [2.45, 2.75) is 38.2 Å². The lowest BCUT2D eigenvalue weighted by Gasteiger charge is -2.20. The fourth-order valence-corrected chi connectivity index (χ4v) is 2.95. The van der Waals surface area contributed by atoms with Crippen LogP contribution in [0.5, 0.6) is 5.88 Å². The molecule has 1 aliphatic rings. The number of rotatable bonds is 7. The van der Waals surface area contributed by atoms with Gasteiger partial charge in [-0.3, -0.25) is 4.90 Å². The van der Waals surface area contributed by atoms with Crippen molar-refractivity contribution in [3.63, 3.8) is 0 Å². The van der Waals surface area contributed by atoms with Crippen LogP contribution in [0.4, 0.5) is 0 Å². The number of likely N-dealkylation sites (N-methyl/N-ethyl adjacent to an activating group) is 1. The molecule has 5 nitrogen and oxygen atoms in total. The third kappa shape index (κ3) is 2.99. The lowest BCUT2D eigenvalue weighted by molar-refractivity contribution is 0.266. The van der Waals surface area contributed by atoms with E-state index in [-0.39, 0.29) is 0 Å². The van der Waals surface area contributed by atoms with E-state index < -0.39 is 0 Å². The van der Waals surface area contributed by atoms with Gasteiger partial charge in [-0.2, -0.15) is 4.98 Å². The summed E-state index contributed by atoms with van der Waals surface area (Å²) in [6.07, 6.45) is 2.65. The number of fused-ring (bicyclic) bond motifs is 1. The maximum atomic E-state index is 6.05. The van der Waals surface area contributed by atoms with E-state index >= 15 is 0 Å². The molecule has 2 aromatic heterocycles. The van der Waals surface area contributed by atoms with Crippen molar-refractivity contribution >= 4 is 22.8 Å². The van der Waals surface area contributed by atoms with Crippen LogP contribution in [0.3, 0.4) is 0 Å². The van der Waals surface area contributed by atoms with Crippen LogP contribution in [0.2, 0.25) is 0 Å². The molecule has 0 aliphatic heterocycles. The molecule has 0 radical (unpaired) electrons. The van der Waals surface area contributed by atoms with Gasteiger partial charge in [-0.1, -0.05) is 6.92 Å². The molecule has 0 spiro atoms.